The highest BCUT2D eigenvalue weighted by Crippen LogP contribution is 2.37. The Balaban J connectivity index is 1.87. The molecule has 1 aliphatic rings. The van der Waals surface area contributed by atoms with Gasteiger partial charge in [-0.25, -0.2) is 15.0 Å². The summed E-state index contributed by atoms with van der Waals surface area (Å²) in [5.41, 5.74) is 0.893. The highest BCUT2D eigenvalue weighted by atomic mass is 16.5. The Morgan fingerprint density at radius 3 is 2.52 bits per heavy atom. The van der Waals surface area contributed by atoms with Gasteiger partial charge in [0.25, 0.3) is 0 Å². The third-order valence-corrected chi connectivity index (χ3v) is 4.20. The van der Waals surface area contributed by atoms with Gasteiger partial charge in [0.2, 0.25) is 0 Å². The van der Waals surface area contributed by atoms with Crippen LogP contribution in [-0.4, -0.2) is 47.3 Å². The number of H-pyrrole nitrogens is 1. The fourth-order valence-corrected chi connectivity index (χ4v) is 3.44. The lowest BCUT2D eigenvalue weighted by Gasteiger charge is -2.51. The molecule has 0 unspecified atom stereocenters. The quantitative estimate of drug-likeness (QED) is 0.785. The highest BCUT2D eigenvalue weighted by Gasteiger charge is 2.45. The van der Waals surface area contributed by atoms with E-state index < -0.39 is 0 Å². The molecule has 1 fully saturated rings. The fourth-order valence-electron chi connectivity index (χ4n) is 3.44. The number of imidazole rings is 1. The minimum atomic E-state index is -0.292. The van der Waals surface area contributed by atoms with Crippen molar-refractivity contribution in [1.29, 1.82) is 0 Å². The lowest BCUT2D eigenvalue weighted by atomic mass is 9.79. The maximum Gasteiger partial charge on any atom is 0.182 e. The van der Waals surface area contributed by atoms with Gasteiger partial charge in [0.1, 0.15) is 11.8 Å². The summed E-state index contributed by atoms with van der Waals surface area (Å²) in [5, 5.41) is 15.3. The average Bonchev–Trinajstić information content (AvgIpc) is 2.84. The summed E-state index contributed by atoms with van der Waals surface area (Å²) in [6.07, 6.45) is 4.79. The van der Waals surface area contributed by atoms with E-state index in [-0.39, 0.29) is 17.1 Å². The molecule has 0 spiro atoms. The van der Waals surface area contributed by atoms with E-state index >= 15 is 0 Å². The average molecular weight is 290 g/mol. The molecule has 7 heteroatoms. The Bertz CT molecular complexity index is 632. The number of fused-ring (bicyclic) bond motifs is 1. The molecule has 0 radical (unpaired) electrons. The van der Waals surface area contributed by atoms with E-state index in [2.05, 4.69) is 25.3 Å². The van der Waals surface area contributed by atoms with Crippen LogP contribution in [-0.2, 0) is 0 Å². The first-order valence-corrected chi connectivity index (χ1v) is 7.19. The number of anilines is 1. The maximum absolute atomic E-state index is 10.4. The Kier molecular flexibility index (Phi) is 3.14. The topological polar surface area (TPSA) is 90.0 Å². The first-order valence-electron chi connectivity index (χ1n) is 7.19. The third-order valence-electron chi connectivity index (χ3n) is 4.20. The number of rotatable bonds is 2. The van der Waals surface area contributed by atoms with Gasteiger partial charge < -0.3 is 15.5 Å². The molecule has 0 saturated carbocycles. The first-order chi connectivity index (χ1) is 9.79. The zero-order chi connectivity index (χ0) is 15.3. The number of hydrogen-bond acceptors (Lipinski definition) is 6. The van der Waals surface area contributed by atoms with Gasteiger partial charge in [0, 0.05) is 17.1 Å². The van der Waals surface area contributed by atoms with Crippen molar-refractivity contribution in [2.45, 2.75) is 57.7 Å². The van der Waals surface area contributed by atoms with Crippen LogP contribution < -0.4 is 5.32 Å². The van der Waals surface area contributed by atoms with Crippen molar-refractivity contribution < 1.29 is 5.21 Å². The van der Waals surface area contributed by atoms with E-state index in [4.69, 9.17) is 0 Å². The van der Waals surface area contributed by atoms with E-state index in [0.717, 1.165) is 24.2 Å². The highest BCUT2D eigenvalue weighted by molar-refractivity contribution is 5.82. The van der Waals surface area contributed by atoms with Crippen LogP contribution in [0.2, 0.25) is 0 Å². The minimum absolute atomic E-state index is 0.222. The largest absolute Gasteiger partial charge is 0.365 e. The van der Waals surface area contributed by atoms with Crippen molar-refractivity contribution in [2.24, 2.45) is 0 Å². The van der Waals surface area contributed by atoms with Crippen molar-refractivity contribution in [3.05, 3.63) is 12.7 Å². The van der Waals surface area contributed by atoms with Gasteiger partial charge >= 0.3 is 0 Å². The Morgan fingerprint density at radius 1 is 1.19 bits per heavy atom. The van der Waals surface area contributed by atoms with Crippen LogP contribution in [0.25, 0.3) is 11.2 Å². The molecule has 3 heterocycles. The van der Waals surface area contributed by atoms with Crippen LogP contribution in [0, 0.1) is 0 Å². The molecule has 1 aliphatic heterocycles. The van der Waals surface area contributed by atoms with Gasteiger partial charge in [-0.1, -0.05) is 0 Å². The monoisotopic (exact) mass is 290 g/mol. The SMILES string of the molecule is CC1(C)CC(Nc2ncnc3nc[nH]c23)CC(C)(C)N1O. The maximum atomic E-state index is 10.4. The van der Waals surface area contributed by atoms with Crippen LogP contribution in [0.15, 0.2) is 12.7 Å². The van der Waals surface area contributed by atoms with Gasteiger partial charge in [-0.2, -0.15) is 5.06 Å². The van der Waals surface area contributed by atoms with Crippen molar-refractivity contribution in [3.63, 3.8) is 0 Å². The zero-order valence-electron chi connectivity index (χ0n) is 12.9. The smallest absolute Gasteiger partial charge is 0.182 e. The summed E-state index contributed by atoms with van der Waals surface area (Å²) in [6.45, 7) is 8.20. The molecule has 1 saturated heterocycles. The predicted octanol–water partition coefficient (Wildman–Crippen LogP) is 2.18. The van der Waals surface area contributed by atoms with Gasteiger partial charge in [0.05, 0.1) is 6.33 Å². The summed E-state index contributed by atoms with van der Waals surface area (Å²) in [7, 11) is 0. The van der Waals surface area contributed by atoms with Gasteiger partial charge in [-0.15, -0.1) is 0 Å². The molecule has 0 atom stereocenters. The van der Waals surface area contributed by atoms with E-state index in [1.165, 1.54) is 11.4 Å². The molecule has 0 aromatic carbocycles. The summed E-state index contributed by atoms with van der Waals surface area (Å²) in [5.74, 6) is 0.764. The number of aromatic amines is 1. The van der Waals surface area contributed by atoms with E-state index in [0.29, 0.717) is 5.65 Å². The molecule has 3 rings (SSSR count). The number of nitrogens with one attached hydrogen (secondary N) is 2. The normalized spacial score (nSPS) is 22.5. The van der Waals surface area contributed by atoms with Crippen molar-refractivity contribution >= 4 is 17.0 Å². The molecule has 0 amide bonds. The summed E-state index contributed by atoms with van der Waals surface area (Å²) >= 11 is 0. The Labute approximate surface area is 123 Å². The lowest BCUT2D eigenvalue weighted by Crippen LogP contribution is -2.61. The zero-order valence-corrected chi connectivity index (χ0v) is 12.9. The molecular formula is C14H22N6O. The summed E-state index contributed by atoms with van der Waals surface area (Å²) < 4.78 is 0. The summed E-state index contributed by atoms with van der Waals surface area (Å²) in [4.78, 5) is 15.7. The van der Waals surface area contributed by atoms with Crippen LogP contribution in [0.1, 0.15) is 40.5 Å². The number of hydroxylamine groups is 2. The van der Waals surface area contributed by atoms with Crippen LogP contribution in [0.3, 0.4) is 0 Å². The third kappa shape index (κ3) is 2.47. The fraction of sp³-hybridized carbons (Fsp3) is 0.643. The number of piperidine rings is 1. The Morgan fingerprint density at radius 2 is 1.86 bits per heavy atom. The van der Waals surface area contributed by atoms with Crippen LogP contribution >= 0.6 is 0 Å². The van der Waals surface area contributed by atoms with Gasteiger partial charge in [-0.05, 0) is 40.5 Å². The number of hydrogen-bond donors (Lipinski definition) is 3. The van der Waals surface area contributed by atoms with Crippen LogP contribution in [0.5, 0.6) is 0 Å². The molecule has 0 bridgehead atoms. The van der Waals surface area contributed by atoms with Gasteiger partial charge in [-0.3, -0.25) is 0 Å². The van der Waals surface area contributed by atoms with E-state index in [1.54, 1.807) is 6.33 Å². The second-order valence-electron chi connectivity index (χ2n) is 7.01. The number of aromatic nitrogens is 4. The van der Waals surface area contributed by atoms with E-state index in [9.17, 15) is 5.21 Å². The predicted molar refractivity (Wildman–Crippen MR) is 80.1 cm³/mol. The van der Waals surface area contributed by atoms with Crippen molar-refractivity contribution in [3.8, 4) is 0 Å². The molecule has 2 aromatic rings. The molecule has 114 valence electrons. The molecular weight excluding hydrogens is 268 g/mol. The van der Waals surface area contributed by atoms with Crippen molar-refractivity contribution in [1.82, 2.24) is 25.0 Å². The first kappa shape index (κ1) is 14.2. The van der Waals surface area contributed by atoms with Crippen molar-refractivity contribution in [2.75, 3.05) is 5.32 Å². The van der Waals surface area contributed by atoms with E-state index in [1.807, 2.05) is 27.7 Å². The molecule has 7 nitrogen and oxygen atoms in total. The molecule has 2 aromatic heterocycles. The minimum Gasteiger partial charge on any atom is -0.365 e. The lowest BCUT2D eigenvalue weighted by molar-refractivity contribution is -0.243. The molecule has 3 N–H and O–H groups in total. The second-order valence-corrected chi connectivity index (χ2v) is 7.01. The second kappa shape index (κ2) is 4.64. The summed E-state index contributed by atoms with van der Waals surface area (Å²) in [6, 6.07) is 0.222. The molecule has 0 aliphatic carbocycles. The Hall–Kier alpha value is -1.73. The standard InChI is InChI=1S/C14H22N6O/c1-13(2)5-9(6-14(3,4)20(13)21)19-12-10-11(16-7-15-10)17-8-18-12/h7-9,21H,5-6H2,1-4H3,(H2,15,16,17,18,19). The molecule has 21 heavy (non-hydrogen) atoms. The van der Waals surface area contributed by atoms with Gasteiger partial charge in [0.15, 0.2) is 11.5 Å². The number of nitrogens with zero attached hydrogens (tertiary/aromatic N) is 4. The van der Waals surface area contributed by atoms with Crippen LogP contribution in [0.4, 0.5) is 5.82 Å².